The van der Waals surface area contributed by atoms with Crippen LogP contribution in [0, 0.1) is 23.2 Å². The predicted molar refractivity (Wildman–Crippen MR) is 81.1 cm³/mol. The molecule has 20 heavy (non-hydrogen) atoms. The first-order valence-electron chi connectivity index (χ1n) is 7.94. The average molecular weight is 279 g/mol. The molecule has 1 unspecified atom stereocenters. The molecule has 0 aliphatic heterocycles. The van der Waals surface area contributed by atoms with Crippen molar-refractivity contribution in [3.05, 3.63) is 12.2 Å². The highest BCUT2D eigenvalue weighted by Crippen LogP contribution is 2.60. The molecule has 3 nitrogen and oxygen atoms in total. The van der Waals surface area contributed by atoms with Crippen molar-refractivity contribution in [3.8, 4) is 0 Å². The molecule has 3 aliphatic rings. The van der Waals surface area contributed by atoms with E-state index >= 15 is 0 Å². The number of carbonyl (C=O) groups is 1. The SMILES string of the molecule is COC(=O)CCC/C=C\C[C@H]1C[C@@H]2C[C@H](C1N)C2(C)C. The van der Waals surface area contributed by atoms with Gasteiger partial charge in [0.2, 0.25) is 0 Å². The van der Waals surface area contributed by atoms with E-state index in [9.17, 15) is 4.79 Å². The van der Waals surface area contributed by atoms with Gasteiger partial charge in [-0.2, -0.15) is 0 Å². The van der Waals surface area contributed by atoms with Gasteiger partial charge in [0.25, 0.3) is 0 Å². The van der Waals surface area contributed by atoms with Crippen LogP contribution in [-0.2, 0) is 9.53 Å². The topological polar surface area (TPSA) is 52.3 Å². The standard InChI is InChI=1S/C17H29NO2/c1-17(2)13-10-12(16(18)14(17)11-13)8-6-4-5-7-9-15(19)20-3/h4,6,12-14,16H,5,7-11,18H2,1-3H3/b6-4-/t12-,13+,14+,16?/m0/s1. The Morgan fingerprint density at radius 3 is 2.70 bits per heavy atom. The van der Waals surface area contributed by atoms with E-state index < -0.39 is 0 Å². The number of unbranched alkanes of at least 4 members (excludes halogenated alkanes) is 1. The third-order valence-electron chi connectivity index (χ3n) is 5.73. The van der Waals surface area contributed by atoms with E-state index in [0.717, 1.165) is 31.1 Å². The minimum atomic E-state index is -0.116. The van der Waals surface area contributed by atoms with Gasteiger partial charge in [-0.15, -0.1) is 0 Å². The summed E-state index contributed by atoms with van der Waals surface area (Å²) in [4.78, 5) is 11.0. The van der Waals surface area contributed by atoms with Crippen molar-refractivity contribution < 1.29 is 9.53 Å². The van der Waals surface area contributed by atoms with Crippen molar-refractivity contribution in [2.45, 2.75) is 58.4 Å². The highest BCUT2D eigenvalue weighted by atomic mass is 16.5. The summed E-state index contributed by atoms with van der Waals surface area (Å²) in [5.74, 6) is 2.14. The molecule has 3 fully saturated rings. The van der Waals surface area contributed by atoms with Crippen molar-refractivity contribution in [1.29, 1.82) is 0 Å². The molecule has 0 aromatic heterocycles. The molecule has 2 N–H and O–H groups in total. The van der Waals surface area contributed by atoms with E-state index in [2.05, 4.69) is 30.7 Å². The van der Waals surface area contributed by atoms with Gasteiger partial charge in [0.15, 0.2) is 0 Å². The maximum atomic E-state index is 11.0. The second kappa shape index (κ2) is 6.30. The van der Waals surface area contributed by atoms with Crippen molar-refractivity contribution >= 4 is 5.97 Å². The number of rotatable bonds is 6. The molecule has 0 radical (unpaired) electrons. The summed E-state index contributed by atoms with van der Waals surface area (Å²) in [6.07, 6.45) is 10.5. The van der Waals surface area contributed by atoms with Gasteiger partial charge >= 0.3 is 5.97 Å². The van der Waals surface area contributed by atoms with Crippen LogP contribution < -0.4 is 5.73 Å². The Morgan fingerprint density at radius 2 is 2.10 bits per heavy atom. The Kier molecular flexibility index (Phi) is 4.90. The van der Waals surface area contributed by atoms with E-state index in [1.54, 1.807) is 0 Å². The monoisotopic (exact) mass is 279 g/mol. The van der Waals surface area contributed by atoms with Crippen LogP contribution in [0.4, 0.5) is 0 Å². The largest absolute Gasteiger partial charge is 0.469 e. The number of esters is 1. The zero-order valence-corrected chi connectivity index (χ0v) is 13.1. The van der Waals surface area contributed by atoms with E-state index in [-0.39, 0.29) is 5.97 Å². The Morgan fingerprint density at radius 1 is 1.35 bits per heavy atom. The molecule has 114 valence electrons. The first kappa shape index (κ1) is 15.6. The molecule has 2 bridgehead atoms. The van der Waals surface area contributed by atoms with Gasteiger partial charge in [-0.05, 0) is 55.3 Å². The Balaban J connectivity index is 1.67. The van der Waals surface area contributed by atoms with Gasteiger partial charge in [-0.25, -0.2) is 0 Å². The van der Waals surface area contributed by atoms with Gasteiger partial charge in [0.1, 0.15) is 0 Å². The second-order valence-electron chi connectivity index (χ2n) is 7.11. The first-order chi connectivity index (χ1) is 9.46. The molecular formula is C17H29NO2. The third kappa shape index (κ3) is 3.08. The lowest BCUT2D eigenvalue weighted by molar-refractivity contribution is -0.140. The van der Waals surface area contributed by atoms with Crippen LogP contribution in [0.5, 0.6) is 0 Å². The molecule has 0 saturated heterocycles. The van der Waals surface area contributed by atoms with Crippen LogP contribution in [-0.4, -0.2) is 19.1 Å². The average Bonchev–Trinajstić information content (AvgIpc) is 2.43. The number of fused-ring (bicyclic) bond motifs is 2. The molecule has 0 aromatic carbocycles. The van der Waals surface area contributed by atoms with Gasteiger partial charge in [0, 0.05) is 12.5 Å². The minimum Gasteiger partial charge on any atom is -0.469 e. The van der Waals surface area contributed by atoms with Crippen molar-refractivity contribution in [3.63, 3.8) is 0 Å². The zero-order chi connectivity index (χ0) is 14.8. The predicted octanol–water partition coefficient (Wildman–Crippen LogP) is 3.29. The number of hydrogen-bond acceptors (Lipinski definition) is 3. The summed E-state index contributed by atoms with van der Waals surface area (Å²) >= 11 is 0. The fourth-order valence-electron chi connectivity index (χ4n) is 4.07. The Labute approximate surface area is 122 Å². The van der Waals surface area contributed by atoms with E-state index in [1.165, 1.54) is 20.0 Å². The number of ether oxygens (including phenoxy) is 1. The van der Waals surface area contributed by atoms with Crippen molar-refractivity contribution in [2.75, 3.05) is 7.11 Å². The van der Waals surface area contributed by atoms with Crippen LogP contribution in [0.1, 0.15) is 52.4 Å². The smallest absolute Gasteiger partial charge is 0.305 e. The summed E-state index contributed by atoms with van der Waals surface area (Å²) in [6, 6.07) is 0.370. The molecule has 0 aromatic rings. The fraction of sp³-hybridized carbons (Fsp3) is 0.824. The number of methoxy groups -OCH3 is 1. The maximum absolute atomic E-state index is 11.0. The second-order valence-corrected chi connectivity index (χ2v) is 7.11. The number of hydrogen-bond donors (Lipinski definition) is 1. The van der Waals surface area contributed by atoms with Crippen molar-refractivity contribution in [2.24, 2.45) is 28.9 Å². The number of allylic oxidation sites excluding steroid dienone is 2. The van der Waals surface area contributed by atoms with E-state index in [1.807, 2.05) is 0 Å². The molecule has 0 heterocycles. The van der Waals surface area contributed by atoms with Gasteiger partial charge in [-0.3, -0.25) is 4.79 Å². The van der Waals surface area contributed by atoms with Crippen LogP contribution in [0.15, 0.2) is 12.2 Å². The van der Waals surface area contributed by atoms with Crippen molar-refractivity contribution in [1.82, 2.24) is 0 Å². The number of carbonyl (C=O) groups excluding carboxylic acids is 1. The highest BCUT2D eigenvalue weighted by Gasteiger charge is 2.56. The van der Waals surface area contributed by atoms with Crippen LogP contribution in [0.3, 0.4) is 0 Å². The molecule has 0 spiro atoms. The number of nitrogens with two attached hydrogens (primary N) is 1. The summed E-state index contributed by atoms with van der Waals surface area (Å²) < 4.78 is 4.62. The Hall–Kier alpha value is -0.830. The van der Waals surface area contributed by atoms with Gasteiger partial charge < -0.3 is 10.5 Å². The molecule has 4 atom stereocenters. The lowest BCUT2D eigenvalue weighted by atomic mass is 9.45. The summed E-state index contributed by atoms with van der Waals surface area (Å²) in [6.45, 7) is 4.76. The van der Waals surface area contributed by atoms with Crippen LogP contribution in [0.25, 0.3) is 0 Å². The molecule has 0 amide bonds. The lowest BCUT2D eigenvalue weighted by Gasteiger charge is -2.61. The first-order valence-corrected chi connectivity index (χ1v) is 7.94. The molecule has 3 heteroatoms. The van der Waals surface area contributed by atoms with Gasteiger partial charge in [-0.1, -0.05) is 26.0 Å². The molecule has 3 saturated carbocycles. The maximum Gasteiger partial charge on any atom is 0.305 e. The minimum absolute atomic E-state index is 0.116. The summed E-state index contributed by atoms with van der Waals surface area (Å²) in [5, 5.41) is 0. The van der Waals surface area contributed by atoms with E-state index in [0.29, 0.717) is 23.8 Å². The molecule has 3 rings (SSSR count). The summed E-state index contributed by atoms with van der Waals surface area (Å²) in [5.41, 5.74) is 6.91. The lowest BCUT2D eigenvalue weighted by Crippen LogP contribution is -2.61. The third-order valence-corrected chi connectivity index (χ3v) is 5.73. The highest BCUT2D eigenvalue weighted by molar-refractivity contribution is 5.69. The fourth-order valence-corrected chi connectivity index (χ4v) is 4.07. The Bertz CT molecular complexity index is 375. The normalized spacial score (nSPS) is 34.8. The zero-order valence-electron chi connectivity index (χ0n) is 13.1. The molecular weight excluding hydrogens is 250 g/mol. The van der Waals surface area contributed by atoms with Gasteiger partial charge in [0.05, 0.1) is 7.11 Å². The molecule has 3 aliphatic carbocycles. The van der Waals surface area contributed by atoms with Crippen LogP contribution >= 0.6 is 0 Å². The van der Waals surface area contributed by atoms with E-state index in [4.69, 9.17) is 5.73 Å². The quantitative estimate of drug-likeness (QED) is 0.461. The van der Waals surface area contributed by atoms with Crippen LogP contribution in [0.2, 0.25) is 0 Å². The summed E-state index contributed by atoms with van der Waals surface area (Å²) in [7, 11) is 1.44.